The molecule has 20 heteroatoms. The third-order valence-electron chi connectivity index (χ3n) is 5.90. The Kier molecular flexibility index (Phi) is 11.6. The molecule has 0 aliphatic heterocycles. The van der Waals surface area contributed by atoms with Crippen LogP contribution in [0.4, 0.5) is 11.9 Å². The largest absolute Gasteiger partial charge is 0.462 e. The number of ether oxygens (including phenoxy) is 3. The van der Waals surface area contributed by atoms with Crippen LogP contribution in [0.25, 0.3) is 22.3 Å². The minimum absolute atomic E-state index is 0.00181. The third-order valence-corrected chi connectivity index (χ3v) is 5.90. The second-order valence-corrected chi connectivity index (χ2v) is 9.46. The molecule has 0 aromatic carbocycles. The maximum atomic E-state index is 11.7. The van der Waals surface area contributed by atoms with E-state index in [4.69, 9.17) is 41.6 Å². The number of aliphatic hydroxyl groups is 3. The molecule has 4 aromatic rings. The Bertz CT molecular complexity index is 1610. The lowest BCUT2D eigenvalue weighted by atomic mass is 10.1. The van der Waals surface area contributed by atoms with Gasteiger partial charge in [-0.15, -0.1) is 0 Å². The van der Waals surface area contributed by atoms with E-state index in [0.717, 1.165) is 0 Å². The van der Waals surface area contributed by atoms with Crippen LogP contribution in [0.5, 0.6) is 0 Å². The second-order valence-electron chi connectivity index (χ2n) is 9.46. The number of nitrogens with one attached hydrogen (secondary N) is 2. The van der Waals surface area contributed by atoms with Crippen LogP contribution in [0.1, 0.15) is 13.8 Å². The first-order valence-corrected chi connectivity index (χ1v) is 12.9. The standard InChI is InChI=1S/C14H22N6O5.C9H13N5O4/c1-7(2)9(15)13(23)24-4-8(3-21)25-6-20-5-17-10-11(20)18-14(16)19-12(10)22;10-9-12-7-6(8(17)13-9)11-3-14(7)4-18-5(1-15)2-16/h5,7-9,21H,3-4,6,15H2,1-2H3,(H3,16,18,19,22);3,5,15-16H,1-2,4H2,(H3,10,12,13,17)/t8-,9-;/m0./s1. The molecule has 0 saturated carbocycles. The topological polar surface area (TPSA) is 311 Å². The number of aromatic nitrogens is 8. The van der Waals surface area contributed by atoms with Crippen molar-refractivity contribution in [2.75, 3.05) is 37.9 Å². The number of H-pyrrole nitrogens is 2. The van der Waals surface area contributed by atoms with Gasteiger partial charge in [-0.25, -0.2) is 9.97 Å². The summed E-state index contributed by atoms with van der Waals surface area (Å²) < 4.78 is 18.6. The summed E-state index contributed by atoms with van der Waals surface area (Å²) in [6.07, 6.45) is 1.28. The molecule has 4 heterocycles. The van der Waals surface area contributed by atoms with Crippen LogP contribution in [0.3, 0.4) is 0 Å². The lowest BCUT2D eigenvalue weighted by molar-refractivity contribution is -0.153. The van der Waals surface area contributed by atoms with Crippen LogP contribution in [-0.2, 0) is 32.5 Å². The molecule has 0 spiro atoms. The number of carbonyl (C=O) groups is 1. The Morgan fingerprint density at radius 3 is 1.72 bits per heavy atom. The zero-order valence-electron chi connectivity index (χ0n) is 23.4. The first kappa shape index (κ1) is 33.0. The van der Waals surface area contributed by atoms with E-state index in [1.165, 1.54) is 21.8 Å². The monoisotopic (exact) mass is 609 g/mol. The summed E-state index contributed by atoms with van der Waals surface area (Å²) in [5.41, 5.74) is 16.5. The van der Waals surface area contributed by atoms with Crippen molar-refractivity contribution in [3.8, 4) is 0 Å². The van der Waals surface area contributed by atoms with E-state index < -0.39 is 35.3 Å². The molecule has 43 heavy (non-hydrogen) atoms. The van der Waals surface area contributed by atoms with Crippen molar-refractivity contribution in [2.45, 2.75) is 45.6 Å². The predicted molar refractivity (Wildman–Crippen MR) is 150 cm³/mol. The number of anilines is 2. The Morgan fingerprint density at radius 1 is 0.860 bits per heavy atom. The summed E-state index contributed by atoms with van der Waals surface area (Å²) in [5, 5.41) is 27.1. The molecule has 4 rings (SSSR count). The molecule has 0 unspecified atom stereocenters. The van der Waals surface area contributed by atoms with Crippen LogP contribution in [0.2, 0.25) is 0 Å². The Balaban J connectivity index is 0.000000248. The Labute approximate surface area is 242 Å². The molecule has 0 bridgehead atoms. The number of nitrogens with zero attached hydrogens (tertiary/aromatic N) is 6. The lowest BCUT2D eigenvalue weighted by Crippen LogP contribution is -2.39. The summed E-state index contributed by atoms with van der Waals surface area (Å²) in [6, 6.07) is -0.740. The molecule has 4 aromatic heterocycles. The number of fused-ring (bicyclic) bond motifs is 2. The van der Waals surface area contributed by atoms with Crippen LogP contribution in [0.15, 0.2) is 22.2 Å². The van der Waals surface area contributed by atoms with Gasteiger partial charge in [0.25, 0.3) is 11.1 Å². The summed E-state index contributed by atoms with van der Waals surface area (Å²) in [5.74, 6) is -0.691. The van der Waals surface area contributed by atoms with Crippen LogP contribution >= 0.6 is 0 Å². The highest BCUT2D eigenvalue weighted by Crippen LogP contribution is 2.09. The molecule has 0 aliphatic rings. The van der Waals surface area contributed by atoms with E-state index in [9.17, 15) is 19.5 Å². The van der Waals surface area contributed by atoms with E-state index in [1.54, 1.807) is 13.8 Å². The molecule has 0 fully saturated rings. The number of nitrogens with two attached hydrogens (primary N) is 3. The summed E-state index contributed by atoms with van der Waals surface area (Å²) in [6.45, 7) is 2.40. The maximum absolute atomic E-state index is 11.7. The fourth-order valence-corrected chi connectivity index (χ4v) is 3.36. The second kappa shape index (κ2) is 15.1. The van der Waals surface area contributed by atoms with Gasteiger partial charge >= 0.3 is 5.97 Å². The van der Waals surface area contributed by atoms with Crippen molar-refractivity contribution in [1.82, 2.24) is 39.0 Å². The number of nitrogen functional groups attached to an aromatic ring is 2. The molecule has 236 valence electrons. The highest BCUT2D eigenvalue weighted by Gasteiger charge is 2.21. The van der Waals surface area contributed by atoms with E-state index in [2.05, 4.69) is 29.9 Å². The number of aromatic amines is 2. The van der Waals surface area contributed by atoms with Crippen molar-refractivity contribution >= 4 is 40.2 Å². The van der Waals surface area contributed by atoms with Gasteiger partial charge in [-0.2, -0.15) is 9.97 Å². The molecular weight excluding hydrogens is 574 g/mol. The van der Waals surface area contributed by atoms with Crippen molar-refractivity contribution < 1.29 is 34.3 Å². The molecule has 2 atom stereocenters. The summed E-state index contributed by atoms with van der Waals surface area (Å²) >= 11 is 0. The molecule has 20 nitrogen and oxygen atoms in total. The first-order valence-electron chi connectivity index (χ1n) is 12.9. The van der Waals surface area contributed by atoms with Crippen molar-refractivity contribution in [3.63, 3.8) is 0 Å². The van der Waals surface area contributed by atoms with Gasteiger partial charge in [0.15, 0.2) is 22.3 Å². The zero-order chi connectivity index (χ0) is 31.7. The SMILES string of the molecule is CC(C)[C@H](N)C(=O)OC[C@H](CO)OCn1cnc2c(=O)[nH]c(N)nc21.Nc1nc2c(ncn2COC(CO)CO)c(=O)[nH]1. The van der Waals surface area contributed by atoms with Gasteiger partial charge < -0.3 is 46.7 Å². The minimum Gasteiger partial charge on any atom is -0.462 e. The number of aliphatic hydroxyl groups excluding tert-OH is 3. The number of carbonyl (C=O) groups excluding carboxylic acids is 1. The highest BCUT2D eigenvalue weighted by molar-refractivity contribution is 5.75. The normalized spacial score (nSPS) is 12.9. The van der Waals surface area contributed by atoms with Crippen molar-refractivity contribution in [3.05, 3.63) is 33.4 Å². The van der Waals surface area contributed by atoms with Gasteiger partial charge in [-0.1, -0.05) is 13.8 Å². The van der Waals surface area contributed by atoms with E-state index in [1.807, 2.05) is 0 Å². The fraction of sp³-hybridized carbons (Fsp3) is 0.522. The summed E-state index contributed by atoms with van der Waals surface area (Å²) in [4.78, 5) is 55.3. The molecule has 0 radical (unpaired) electrons. The predicted octanol–water partition coefficient (Wildman–Crippen LogP) is -3.41. The van der Waals surface area contributed by atoms with Crippen molar-refractivity contribution in [1.29, 1.82) is 0 Å². The fourth-order valence-electron chi connectivity index (χ4n) is 3.36. The number of hydrogen-bond acceptors (Lipinski definition) is 16. The van der Waals surface area contributed by atoms with Crippen molar-refractivity contribution in [2.24, 2.45) is 11.7 Å². The molecule has 0 saturated heterocycles. The smallest absolute Gasteiger partial charge is 0.323 e. The third kappa shape index (κ3) is 8.53. The quantitative estimate of drug-likeness (QED) is 0.0684. The first-order chi connectivity index (χ1) is 20.5. The molecule has 0 amide bonds. The number of rotatable bonds is 13. The minimum atomic E-state index is -0.764. The number of hydrogen-bond donors (Lipinski definition) is 8. The molecular formula is C23H35N11O9. The van der Waals surface area contributed by atoms with Crippen LogP contribution in [0, 0.1) is 5.92 Å². The van der Waals surface area contributed by atoms with Crippen LogP contribution < -0.4 is 28.3 Å². The van der Waals surface area contributed by atoms with Gasteiger partial charge in [0, 0.05) is 0 Å². The number of imidazole rings is 2. The van der Waals surface area contributed by atoms with Gasteiger partial charge in [-0.3, -0.25) is 33.5 Å². The van der Waals surface area contributed by atoms with E-state index in [-0.39, 0.29) is 80.0 Å². The Hall–Kier alpha value is -4.47. The average molecular weight is 610 g/mol. The Morgan fingerprint density at radius 2 is 1.30 bits per heavy atom. The van der Waals surface area contributed by atoms with E-state index in [0.29, 0.717) is 0 Å². The van der Waals surface area contributed by atoms with Crippen LogP contribution in [-0.4, -0.2) is 105 Å². The van der Waals surface area contributed by atoms with E-state index >= 15 is 0 Å². The highest BCUT2D eigenvalue weighted by atomic mass is 16.6. The van der Waals surface area contributed by atoms with Gasteiger partial charge in [0.2, 0.25) is 11.9 Å². The lowest BCUT2D eigenvalue weighted by Gasteiger charge is -2.19. The summed E-state index contributed by atoms with van der Waals surface area (Å²) in [7, 11) is 0. The van der Waals surface area contributed by atoms with Gasteiger partial charge in [0.05, 0.1) is 32.5 Å². The zero-order valence-corrected chi connectivity index (χ0v) is 23.4. The average Bonchev–Trinajstić information content (AvgIpc) is 3.57. The number of esters is 1. The maximum Gasteiger partial charge on any atom is 0.323 e. The van der Waals surface area contributed by atoms with Gasteiger partial charge in [0.1, 0.15) is 38.3 Å². The molecule has 0 aliphatic carbocycles. The van der Waals surface area contributed by atoms with Gasteiger partial charge in [-0.05, 0) is 5.92 Å². The molecule has 11 N–H and O–H groups in total.